The van der Waals surface area contributed by atoms with Crippen molar-refractivity contribution < 1.29 is 37.1 Å². The molecule has 0 aromatic heterocycles. The van der Waals surface area contributed by atoms with Crippen LogP contribution in [0.25, 0.3) is 0 Å². The Kier molecular flexibility index (Phi) is 22.2. The quantitative estimate of drug-likeness (QED) is 0.0770. The van der Waals surface area contributed by atoms with Crippen molar-refractivity contribution in [3.05, 3.63) is 0 Å². The Balaban J connectivity index is 4.29. The van der Waals surface area contributed by atoms with Gasteiger partial charge in [0, 0.05) is 12.8 Å². The van der Waals surface area contributed by atoms with E-state index in [1.54, 1.807) is 0 Å². The SMILES string of the molecule is CCCCCCCCCCCC(=O)OC(CO)C(OC(=O)CCCCCCCCCCC)S(=O)(=O)O. The van der Waals surface area contributed by atoms with E-state index in [2.05, 4.69) is 13.8 Å². The molecule has 2 N–H and O–H groups in total. The summed E-state index contributed by atoms with van der Waals surface area (Å²) in [6.07, 6.45) is 17.6. The minimum absolute atomic E-state index is 0.00755. The third kappa shape index (κ3) is 19.9. The molecule has 8 nitrogen and oxygen atoms in total. The Morgan fingerprint density at radius 1 is 0.611 bits per heavy atom. The van der Waals surface area contributed by atoms with Gasteiger partial charge < -0.3 is 14.6 Å². The van der Waals surface area contributed by atoms with Gasteiger partial charge in [-0.15, -0.1) is 0 Å². The van der Waals surface area contributed by atoms with Crippen LogP contribution in [0.4, 0.5) is 0 Å². The topological polar surface area (TPSA) is 127 Å². The lowest BCUT2D eigenvalue weighted by Gasteiger charge is -2.23. The summed E-state index contributed by atoms with van der Waals surface area (Å²) in [6.45, 7) is 3.47. The predicted octanol–water partition coefficient (Wildman–Crippen LogP) is 6.49. The lowest BCUT2D eigenvalue weighted by Crippen LogP contribution is -2.43. The van der Waals surface area contributed by atoms with Crippen molar-refractivity contribution in [3.63, 3.8) is 0 Å². The zero-order valence-electron chi connectivity index (χ0n) is 22.8. The molecule has 0 aliphatic heterocycles. The maximum absolute atomic E-state index is 12.1. The standard InChI is InChI=1S/C27H52O8S/c1-3-5-7-9-11-13-15-17-19-21-25(29)34-24(23-28)27(36(31,32)33)35-26(30)22-20-18-16-14-12-10-8-6-4-2/h24,27-28H,3-23H2,1-2H3,(H,31,32,33). The molecule has 0 rings (SSSR count). The summed E-state index contributed by atoms with van der Waals surface area (Å²) in [4.78, 5) is 24.3. The minimum atomic E-state index is -4.89. The Morgan fingerprint density at radius 2 is 0.944 bits per heavy atom. The maximum Gasteiger partial charge on any atom is 0.307 e. The molecule has 0 fully saturated rings. The van der Waals surface area contributed by atoms with E-state index in [4.69, 9.17) is 9.47 Å². The number of esters is 2. The molecule has 0 amide bonds. The summed E-state index contributed by atoms with van der Waals surface area (Å²) in [5.41, 5.74) is -2.14. The normalized spacial score (nSPS) is 13.3. The first kappa shape index (κ1) is 34.8. The van der Waals surface area contributed by atoms with Gasteiger partial charge in [-0.05, 0) is 12.8 Å². The molecule has 0 aromatic rings. The van der Waals surface area contributed by atoms with Crippen LogP contribution in [0, 0.1) is 0 Å². The van der Waals surface area contributed by atoms with Crippen molar-refractivity contribution in [3.8, 4) is 0 Å². The number of hydrogen-bond donors (Lipinski definition) is 2. The first-order valence-electron chi connectivity index (χ1n) is 14.2. The van der Waals surface area contributed by atoms with E-state index in [0.717, 1.165) is 44.9 Å². The van der Waals surface area contributed by atoms with Crippen LogP contribution < -0.4 is 0 Å². The van der Waals surface area contributed by atoms with E-state index in [1.165, 1.54) is 57.8 Å². The molecule has 0 saturated carbocycles. The van der Waals surface area contributed by atoms with Crippen LogP contribution in [-0.2, 0) is 29.2 Å². The molecule has 214 valence electrons. The third-order valence-electron chi connectivity index (χ3n) is 6.28. The van der Waals surface area contributed by atoms with Crippen molar-refractivity contribution in [1.82, 2.24) is 0 Å². The van der Waals surface area contributed by atoms with Crippen LogP contribution in [0.1, 0.15) is 142 Å². The van der Waals surface area contributed by atoms with Crippen molar-refractivity contribution >= 4 is 22.1 Å². The van der Waals surface area contributed by atoms with Crippen LogP contribution in [0.15, 0.2) is 0 Å². The fourth-order valence-electron chi connectivity index (χ4n) is 4.08. The number of aliphatic hydroxyl groups excluding tert-OH is 1. The highest BCUT2D eigenvalue weighted by atomic mass is 32.2. The Hall–Kier alpha value is -1.19. The number of rotatable bonds is 25. The molecule has 9 heteroatoms. The van der Waals surface area contributed by atoms with Gasteiger partial charge in [-0.2, -0.15) is 8.42 Å². The second-order valence-electron chi connectivity index (χ2n) is 9.74. The maximum atomic E-state index is 12.1. The molecule has 0 saturated heterocycles. The van der Waals surface area contributed by atoms with E-state index < -0.39 is 40.2 Å². The average molecular weight is 537 g/mol. The first-order valence-corrected chi connectivity index (χ1v) is 15.7. The predicted molar refractivity (Wildman–Crippen MR) is 142 cm³/mol. The molecule has 0 aromatic carbocycles. The van der Waals surface area contributed by atoms with Gasteiger partial charge in [0.1, 0.15) is 0 Å². The molecule has 0 heterocycles. The lowest BCUT2D eigenvalue weighted by atomic mass is 10.1. The van der Waals surface area contributed by atoms with Gasteiger partial charge in [0.2, 0.25) is 0 Å². The first-order chi connectivity index (χ1) is 17.3. The van der Waals surface area contributed by atoms with E-state index in [0.29, 0.717) is 12.8 Å². The zero-order valence-corrected chi connectivity index (χ0v) is 23.6. The summed E-state index contributed by atoms with van der Waals surface area (Å²) < 4.78 is 43.0. The van der Waals surface area contributed by atoms with Crippen LogP contribution in [0.2, 0.25) is 0 Å². The van der Waals surface area contributed by atoms with Gasteiger partial charge in [0.05, 0.1) is 6.61 Å². The van der Waals surface area contributed by atoms with Crippen LogP contribution >= 0.6 is 0 Å². The molecule has 2 atom stereocenters. The second-order valence-corrected chi connectivity index (χ2v) is 11.2. The number of aliphatic hydroxyl groups is 1. The molecule has 0 aliphatic carbocycles. The van der Waals surface area contributed by atoms with Gasteiger partial charge in [-0.3, -0.25) is 14.1 Å². The molecule has 0 radical (unpaired) electrons. The molecule has 0 aliphatic rings. The summed E-state index contributed by atoms with van der Waals surface area (Å²) in [6, 6.07) is 0. The molecule has 36 heavy (non-hydrogen) atoms. The number of hydrogen-bond acceptors (Lipinski definition) is 7. The minimum Gasteiger partial charge on any atom is -0.455 e. The molecule has 2 unspecified atom stereocenters. The largest absolute Gasteiger partial charge is 0.455 e. The van der Waals surface area contributed by atoms with Gasteiger partial charge in [-0.1, -0.05) is 117 Å². The Bertz CT molecular complexity index is 650. The van der Waals surface area contributed by atoms with Gasteiger partial charge in [-0.25, -0.2) is 0 Å². The summed E-state index contributed by atoms with van der Waals surface area (Å²) in [5, 5.41) is 9.56. The van der Waals surface area contributed by atoms with Gasteiger partial charge >= 0.3 is 22.1 Å². The molecule has 0 bridgehead atoms. The van der Waals surface area contributed by atoms with E-state index in [-0.39, 0.29) is 12.8 Å². The fraction of sp³-hybridized carbons (Fsp3) is 0.926. The van der Waals surface area contributed by atoms with E-state index in [9.17, 15) is 27.7 Å². The zero-order chi connectivity index (χ0) is 27.1. The Morgan fingerprint density at radius 3 is 1.28 bits per heavy atom. The summed E-state index contributed by atoms with van der Waals surface area (Å²) in [7, 11) is -4.89. The second kappa shape index (κ2) is 23.0. The Labute approximate surface area is 219 Å². The average Bonchev–Trinajstić information content (AvgIpc) is 2.83. The number of unbranched alkanes of at least 4 members (excludes halogenated alkanes) is 16. The van der Waals surface area contributed by atoms with Crippen molar-refractivity contribution in [2.75, 3.05) is 6.61 Å². The fourth-order valence-corrected chi connectivity index (χ4v) is 4.84. The highest BCUT2D eigenvalue weighted by Gasteiger charge is 2.38. The lowest BCUT2D eigenvalue weighted by molar-refractivity contribution is -0.165. The van der Waals surface area contributed by atoms with Crippen LogP contribution in [0.3, 0.4) is 0 Å². The van der Waals surface area contributed by atoms with Gasteiger partial charge in [0.15, 0.2) is 6.10 Å². The van der Waals surface area contributed by atoms with Crippen molar-refractivity contribution in [1.29, 1.82) is 0 Å². The summed E-state index contributed by atoms with van der Waals surface area (Å²) in [5.74, 6) is -1.50. The number of carbonyl (C=O) groups excluding carboxylic acids is 2. The molecular formula is C27H52O8S. The van der Waals surface area contributed by atoms with Gasteiger partial charge in [0.25, 0.3) is 5.44 Å². The number of ether oxygens (including phenoxy) is 2. The highest BCUT2D eigenvalue weighted by molar-refractivity contribution is 7.86. The third-order valence-corrected chi connectivity index (χ3v) is 7.26. The van der Waals surface area contributed by atoms with Crippen molar-refractivity contribution in [2.45, 2.75) is 154 Å². The molecule has 0 spiro atoms. The van der Waals surface area contributed by atoms with E-state index in [1.807, 2.05) is 0 Å². The highest BCUT2D eigenvalue weighted by Crippen LogP contribution is 2.16. The molecular weight excluding hydrogens is 484 g/mol. The summed E-state index contributed by atoms with van der Waals surface area (Å²) >= 11 is 0. The monoisotopic (exact) mass is 536 g/mol. The van der Waals surface area contributed by atoms with Crippen LogP contribution in [-0.4, -0.2) is 48.2 Å². The van der Waals surface area contributed by atoms with E-state index >= 15 is 0 Å². The van der Waals surface area contributed by atoms with Crippen molar-refractivity contribution in [2.24, 2.45) is 0 Å². The van der Waals surface area contributed by atoms with Crippen LogP contribution in [0.5, 0.6) is 0 Å². The smallest absolute Gasteiger partial charge is 0.307 e. The number of carbonyl (C=O) groups is 2.